The maximum Gasteiger partial charge on any atom is 0.260 e. The molecule has 0 bridgehead atoms. The predicted octanol–water partition coefficient (Wildman–Crippen LogP) is 3.06. The zero-order valence-corrected chi connectivity index (χ0v) is 14.6. The number of nitrogens with zero attached hydrogens (tertiary/aromatic N) is 1. The molecule has 1 amide bonds. The van der Waals surface area contributed by atoms with Crippen molar-refractivity contribution in [1.29, 1.82) is 0 Å². The normalized spacial score (nSPS) is 20.2. The molecule has 1 aliphatic heterocycles. The quantitative estimate of drug-likeness (QED) is 0.839. The van der Waals surface area contributed by atoms with Gasteiger partial charge in [-0.1, -0.05) is 42.5 Å². The van der Waals surface area contributed by atoms with E-state index in [1.807, 2.05) is 60.4 Å². The van der Waals surface area contributed by atoms with Crippen molar-refractivity contribution < 1.29 is 19.0 Å². The average molecular weight is 341 g/mol. The maximum absolute atomic E-state index is 12.7. The molecule has 1 aliphatic rings. The molecule has 2 atom stereocenters. The summed E-state index contributed by atoms with van der Waals surface area (Å²) in [4.78, 5) is 14.5. The topological polar surface area (TPSA) is 48.0 Å². The molecule has 0 spiro atoms. The molecular formula is C20H23NO4. The minimum atomic E-state index is -0.120. The summed E-state index contributed by atoms with van der Waals surface area (Å²) in [5, 5.41) is 0. The van der Waals surface area contributed by atoms with Gasteiger partial charge in [-0.05, 0) is 24.6 Å². The van der Waals surface area contributed by atoms with Crippen LogP contribution in [0.2, 0.25) is 0 Å². The first-order valence-electron chi connectivity index (χ1n) is 8.42. The van der Waals surface area contributed by atoms with E-state index in [1.165, 1.54) is 0 Å². The predicted molar refractivity (Wildman–Crippen MR) is 94.8 cm³/mol. The molecule has 0 aliphatic carbocycles. The lowest BCUT2D eigenvalue weighted by molar-refractivity contribution is -0.147. The number of para-hydroxylation sites is 2. The number of amides is 1. The molecule has 2 aromatic rings. The minimum absolute atomic E-state index is 0.0216. The van der Waals surface area contributed by atoms with Crippen molar-refractivity contribution in [1.82, 2.24) is 4.90 Å². The van der Waals surface area contributed by atoms with Gasteiger partial charge >= 0.3 is 0 Å². The molecule has 0 radical (unpaired) electrons. The van der Waals surface area contributed by atoms with Gasteiger partial charge in [0.25, 0.3) is 5.91 Å². The van der Waals surface area contributed by atoms with Gasteiger partial charge in [-0.25, -0.2) is 0 Å². The van der Waals surface area contributed by atoms with E-state index in [0.717, 1.165) is 5.56 Å². The third kappa shape index (κ3) is 3.94. The minimum Gasteiger partial charge on any atom is -0.493 e. The first-order chi connectivity index (χ1) is 12.2. The fourth-order valence-corrected chi connectivity index (χ4v) is 3.11. The molecule has 3 rings (SSSR count). The number of carbonyl (C=O) groups excluding carboxylic acids is 1. The lowest BCUT2D eigenvalue weighted by Gasteiger charge is -2.39. The Balaban J connectivity index is 1.65. The molecule has 0 saturated carbocycles. The van der Waals surface area contributed by atoms with Gasteiger partial charge in [0.2, 0.25) is 0 Å². The summed E-state index contributed by atoms with van der Waals surface area (Å²) in [6, 6.07) is 17.3. The van der Waals surface area contributed by atoms with Crippen LogP contribution in [0.15, 0.2) is 54.6 Å². The number of hydrogen-bond acceptors (Lipinski definition) is 4. The second-order valence-corrected chi connectivity index (χ2v) is 5.97. The molecule has 0 aromatic heterocycles. The monoisotopic (exact) mass is 341 g/mol. The van der Waals surface area contributed by atoms with Gasteiger partial charge in [0.05, 0.1) is 19.8 Å². The summed E-state index contributed by atoms with van der Waals surface area (Å²) >= 11 is 0. The van der Waals surface area contributed by atoms with E-state index in [9.17, 15) is 4.79 Å². The highest BCUT2D eigenvalue weighted by atomic mass is 16.5. The smallest absolute Gasteiger partial charge is 0.260 e. The van der Waals surface area contributed by atoms with Gasteiger partial charge in [0.1, 0.15) is 6.10 Å². The molecule has 132 valence electrons. The van der Waals surface area contributed by atoms with Gasteiger partial charge in [0.15, 0.2) is 18.1 Å². The van der Waals surface area contributed by atoms with Crippen molar-refractivity contribution in [2.75, 3.05) is 26.9 Å². The van der Waals surface area contributed by atoms with Crippen LogP contribution in [-0.4, -0.2) is 43.7 Å². The summed E-state index contributed by atoms with van der Waals surface area (Å²) in [5.74, 6) is 1.13. The number of carbonyl (C=O) groups is 1. The number of ether oxygens (including phenoxy) is 3. The van der Waals surface area contributed by atoms with Crippen molar-refractivity contribution in [2.45, 2.75) is 19.1 Å². The third-order valence-corrected chi connectivity index (χ3v) is 4.43. The summed E-state index contributed by atoms with van der Waals surface area (Å²) < 4.78 is 16.8. The van der Waals surface area contributed by atoms with Crippen LogP contribution in [0.1, 0.15) is 18.6 Å². The van der Waals surface area contributed by atoms with Crippen LogP contribution in [0, 0.1) is 0 Å². The fourth-order valence-electron chi connectivity index (χ4n) is 3.11. The Kier molecular flexibility index (Phi) is 5.56. The van der Waals surface area contributed by atoms with E-state index in [-0.39, 0.29) is 24.7 Å². The van der Waals surface area contributed by atoms with Gasteiger partial charge in [-0.15, -0.1) is 0 Å². The van der Waals surface area contributed by atoms with E-state index in [4.69, 9.17) is 14.2 Å². The lowest BCUT2D eigenvalue weighted by atomic mass is 10.0. The standard InChI is InChI=1S/C20H23NO4/c1-15-20(16-8-4-3-5-9-16)24-13-12-21(15)19(22)14-25-18-11-7-6-10-17(18)23-2/h3-11,15,20H,12-14H2,1-2H3. The molecule has 5 heteroatoms. The zero-order valence-electron chi connectivity index (χ0n) is 14.6. The Morgan fingerprint density at radius 1 is 1.12 bits per heavy atom. The first-order valence-corrected chi connectivity index (χ1v) is 8.42. The Labute approximate surface area is 148 Å². The summed E-state index contributed by atoms with van der Waals surface area (Å²) in [5.41, 5.74) is 1.08. The Morgan fingerprint density at radius 2 is 1.80 bits per heavy atom. The fraction of sp³-hybridized carbons (Fsp3) is 0.350. The second kappa shape index (κ2) is 8.03. The number of morpholine rings is 1. The van der Waals surface area contributed by atoms with Crippen molar-refractivity contribution >= 4 is 5.91 Å². The van der Waals surface area contributed by atoms with E-state index in [2.05, 4.69) is 0 Å². The summed E-state index contributed by atoms with van der Waals surface area (Å²) in [7, 11) is 1.58. The van der Waals surface area contributed by atoms with Gasteiger partial charge in [0, 0.05) is 6.54 Å². The highest BCUT2D eigenvalue weighted by molar-refractivity contribution is 5.78. The Bertz CT molecular complexity index is 704. The van der Waals surface area contributed by atoms with E-state index in [1.54, 1.807) is 13.2 Å². The molecule has 1 heterocycles. The molecule has 2 unspecified atom stereocenters. The van der Waals surface area contributed by atoms with Crippen LogP contribution in [0.25, 0.3) is 0 Å². The molecule has 5 nitrogen and oxygen atoms in total. The molecule has 1 saturated heterocycles. The van der Waals surface area contributed by atoms with Gasteiger partial charge in [-0.2, -0.15) is 0 Å². The maximum atomic E-state index is 12.7. The molecule has 2 aromatic carbocycles. The third-order valence-electron chi connectivity index (χ3n) is 4.43. The van der Waals surface area contributed by atoms with Crippen LogP contribution in [-0.2, 0) is 9.53 Å². The summed E-state index contributed by atoms with van der Waals surface area (Å²) in [6.07, 6.45) is -0.120. The van der Waals surface area contributed by atoms with Crippen molar-refractivity contribution in [2.24, 2.45) is 0 Å². The van der Waals surface area contributed by atoms with Crippen LogP contribution >= 0.6 is 0 Å². The first kappa shape index (κ1) is 17.3. The molecule has 25 heavy (non-hydrogen) atoms. The summed E-state index contributed by atoms with van der Waals surface area (Å²) in [6.45, 7) is 3.08. The SMILES string of the molecule is COc1ccccc1OCC(=O)N1CCOC(c2ccccc2)C1C. The van der Waals surface area contributed by atoms with Crippen LogP contribution in [0.3, 0.4) is 0 Å². The number of hydrogen-bond donors (Lipinski definition) is 0. The van der Waals surface area contributed by atoms with Crippen LogP contribution in [0.5, 0.6) is 11.5 Å². The van der Waals surface area contributed by atoms with Gasteiger partial charge < -0.3 is 19.1 Å². The number of methoxy groups -OCH3 is 1. The number of rotatable bonds is 5. The van der Waals surface area contributed by atoms with E-state index in [0.29, 0.717) is 24.7 Å². The average Bonchev–Trinajstić information content (AvgIpc) is 2.67. The highest BCUT2D eigenvalue weighted by Gasteiger charge is 2.33. The Morgan fingerprint density at radius 3 is 2.52 bits per heavy atom. The van der Waals surface area contributed by atoms with E-state index >= 15 is 0 Å². The second-order valence-electron chi connectivity index (χ2n) is 5.97. The van der Waals surface area contributed by atoms with Crippen molar-refractivity contribution in [3.63, 3.8) is 0 Å². The number of benzene rings is 2. The van der Waals surface area contributed by atoms with E-state index < -0.39 is 0 Å². The van der Waals surface area contributed by atoms with Crippen molar-refractivity contribution in [3.05, 3.63) is 60.2 Å². The van der Waals surface area contributed by atoms with Crippen LogP contribution in [0.4, 0.5) is 0 Å². The van der Waals surface area contributed by atoms with Crippen molar-refractivity contribution in [3.8, 4) is 11.5 Å². The lowest BCUT2D eigenvalue weighted by Crippen LogP contribution is -2.50. The Hall–Kier alpha value is -2.53. The molecule has 0 N–H and O–H groups in total. The molecular weight excluding hydrogens is 318 g/mol. The molecule has 1 fully saturated rings. The largest absolute Gasteiger partial charge is 0.493 e. The van der Waals surface area contributed by atoms with Gasteiger partial charge in [-0.3, -0.25) is 4.79 Å². The zero-order chi connectivity index (χ0) is 17.6. The highest BCUT2D eigenvalue weighted by Crippen LogP contribution is 2.29. The van der Waals surface area contributed by atoms with Crippen LogP contribution < -0.4 is 9.47 Å².